The first-order valence-electron chi connectivity index (χ1n) is 8.37. The van der Waals surface area contributed by atoms with Gasteiger partial charge in [-0.1, -0.05) is 18.2 Å². The molecule has 0 bridgehead atoms. The summed E-state index contributed by atoms with van der Waals surface area (Å²) in [5, 5.41) is 12.9. The van der Waals surface area contributed by atoms with Crippen molar-refractivity contribution in [2.24, 2.45) is 7.05 Å². The third kappa shape index (κ3) is 3.23. The summed E-state index contributed by atoms with van der Waals surface area (Å²) in [6.07, 6.45) is 4.26. The maximum atomic E-state index is 5.81. The zero-order valence-electron chi connectivity index (χ0n) is 13.8. The molecule has 4 rings (SSSR count). The molecule has 3 aromatic rings. The largest absolute Gasteiger partial charge is 0.419 e. The van der Waals surface area contributed by atoms with Gasteiger partial charge in [-0.3, -0.25) is 9.58 Å². The Balaban J connectivity index is 1.35. The maximum Gasteiger partial charge on any atom is 0.247 e. The molecule has 1 aromatic carbocycles. The summed E-state index contributed by atoms with van der Waals surface area (Å²) in [6.45, 7) is 2.78. The second-order valence-electron chi connectivity index (χ2n) is 6.33. The smallest absolute Gasteiger partial charge is 0.247 e. The van der Waals surface area contributed by atoms with Crippen molar-refractivity contribution in [3.05, 3.63) is 54.2 Å². The van der Waals surface area contributed by atoms with Crippen LogP contribution in [0.2, 0.25) is 0 Å². The van der Waals surface area contributed by atoms with Gasteiger partial charge < -0.3 is 4.42 Å². The first-order chi connectivity index (χ1) is 11.8. The van der Waals surface area contributed by atoms with E-state index in [0.29, 0.717) is 17.7 Å². The van der Waals surface area contributed by atoms with E-state index in [2.05, 4.69) is 26.3 Å². The van der Waals surface area contributed by atoms with Gasteiger partial charge in [0.15, 0.2) is 0 Å². The lowest BCUT2D eigenvalue weighted by Gasteiger charge is -2.30. The van der Waals surface area contributed by atoms with Crippen LogP contribution < -0.4 is 0 Å². The summed E-state index contributed by atoms with van der Waals surface area (Å²) in [5.41, 5.74) is 2.17. The Bertz CT molecular complexity index is 787. The molecule has 6 nitrogen and oxygen atoms in total. The zero-order chi connectivity index (χ0) is 16.4. The molecule has 0 amide bonds. The third-order valence-corrected chi connectivity index (χ3v) is 4.59. The van der Waals surface area contributed by atoms with Crippen LogP contribution in [0.1, 0.15) is 30.3 Å². The highest BCUT2D eigenvalue weighted by Gasteiger charge is 2.23. The molecular formula is C18H21N5O. The minimum absolute atomic E-state index is 0.560. The van der Waals surface area contributed by atoms with Gasteiger partial charge in [-0.25, -0.2) is 0 Å². The van der Waals surface area contributed by atoms with Gasteiger partial charge in [0, 0.05) is 24.7 Å². The summed E-state index contributed by atoms with van der Waals surface area (Å²) in [7, 11) is 1.97. The standard InChI is InChI=1S/C18H21N5O/c1-22-10-9-16(21-22)14-7-11-23(12-8-14)13-17-19-20-18(24-17)15-5-3-2-4-6-15/h2-6,9-10,14H,7-8,11-13H2,1H3. The number of aryl methyl sites for hydroxylation is 1. The summed E-state index contributed by atoms with van der Waals surface area (Å²) < 4.78 is 7.69. The van der Waals surface area contributed by atoms with Crippen LogP contribution in [0.15, 0.2) is 47.0 Å². The van der Waals surface area contributed by atoms with Crippen LogP contribution in [0.3, 0.4) is 0 Å². The molecule has 124 valence electrons. The maximum absolute atomic E-state index is 5.81. The average Bonchev–Trinajstić information content (AvgIpc) is 3.26. The van der Waals surface area contributed by atoms with Crippen molar-refractivity contribution in [3.8, 4) is 11.5 Å². The van der Waals surface area contributed by atoms with E-state index in [0.717, 1.165) is 38.0 Å². The summed E-state index contributed by atoms with van der Waals surface area (Å²) in [5.74, 6) is 1.84. The summed E-state index contributed by atoms with van der Waals surface area (Å²) in [4.78, 5) is 2.38. The van der Waals surface area contributed by atoms with Crippen LogP contribution in [-0.4, -0.2) is 38.0 Å². The molecule has 1 fully saturated rings. The van der Waals surface area contributed by atoms with Crippen molar-refractivity contribution >= 4 is 0 Å². The monoisotopic (exact) mass is 323 g/mol. The molecule has 1 saturated heterocycles. The van der Waals surface area contributed by atoms with Crippen LogP contribution in [0.5, 0.6) is 0 Å². The Morgan fingerprint density at radius 1 is 1.08 bits per heavy atom. The van der Waals surface area contributed by atoms with Crippen LogP contribution >= 0.6 is 0 Å². The normalized spacial score (nSPS) is 16.5. The van der Waals surface area contributed by atoms with Crippen LogP contribution in [0.25, 0.3) is 11.5 Å². The van der Waals surface area contributed by atoms with Crippen LogP contribution in [0, 0.1) is 0 Å². The third-order valence-electron chi connectivity index (χ3n) is 4.59. The lowest BCUT2D eigenvalue weighted by Crippen LogP contribution is -2.32. The molecule has 0 aliphatic carbocycles. The van der Waals surface area contributed by atoms with E-state index in [1.54, 1.807) is 0 Å². The number of benzene rings is 1. The van der Waals surface area contributed by atoms with Crippen molar-refractivity contribution in [2.45, 2.75) is 25.3 Å². The highest BCUT2D eigenvalue weighted by atomic mass is 16.4. The van der Waals surface area contributed by atoms with Gasteiger partial charge >= 0.3 is 0 Å². The Morgan fingerprint density at radius 2 is 1.88 bits per heavy atom. The lowest BCUT2D eigenvalue weighted by molar-refractivity contribution is 0.186. The fourth-order valence-corrected chi connectivity index (χ4v) is 3.24. The van der Waals surface area contributed by atoms with Gasteiger partial charge in [0.25, 0.3) is 0 Å². The number of hydrogen-bond acceptors (Lipinski definition) is 5. The molecule has 0 atom stereocenters. The lowest BCUT2D eigenvalue weighted by atomic mass is 9.94. The second kappa shape index (κ2) is 6.57. The topological polar surface area (TPSA) is 60.0 Å². The molecular weight excluding hydrogens is 302 g/mol. The number of nitrogens with zero attached hydrogens (tertiary/aromatic N) is 5. The molecule has 24 heavy (non-hydrogen) atoms. The predicted molar refractivity (Wildman–Crippen MR) is 90.2 cm³/mol. The Labute approximate surface area is 141 Å². The van der Waals surface area contributed by atoms with Gasteiger partial charge in [0.05, 0.1) is 12.2 Å². The molecule has 2 aromatic heterocycles. The zero-order valence-corrected chi connectivity index (χ0v) is 13.8. The molecule has 0 spiro atoms. The number of rotatable bonds is 4. The Morgan fingerprint density at radius 3 is 2.58 bits per heavy atom. The van der Waals surface area contributed by atoms with E-state index in [-0.39, 0.29) is 0 Å². The van der Waals surface area contributed by atoms with Crippen molar-refractivity contribution in [2.75, 3.05) is 13.1 Å². The first-order valence-corrected chi connectivity index (χ1v) is 8.37. The van der Waals surface area contributed by atoms with E-state index in [1.807, 2.05) is 48.3 Å². The fraction of sp³-hybridized carbons (Fsp3) is 0.389. The Hall–Kier alpha value is -2.47. The van der Waals surface area contributed by atoms with E-state index in [9.17, 15) is 0 Å². The Kier molecular flexibility index (Phi) is 4.13. The number of aromatic nitrogens is 4. The highest BCUT2D eigenvalue weighted by molar-refractivity contribution is 5.51. The summed E-state index contributed by atoms with van der Waals surface area (Å²) >= 11 is 0. The van der Waals surface area contributed by atoms with E-state index in [4.69, 9.17) is 4.42 Å². The van der Waals surface area contributed by atoms with E-state index < -0.39 is 0 Å². The SMILES string of the molecule is Cn1ccc(C2CCN(Cc3nnc(-c4ccccc4)o3)CC2)n1. The van der Waals surface area contributed by atoms with Gasteiger partial charge in [-0.2, -0.15) is 5.10 Å². The highest BCUT2D eigenvalue weighted by Crippen LogP contribution is 2.27. The molecule has 0 unspecified atom stereocenters. The van der Waals surface area contributed by atoms with Gasteiger partial charge in [-0.15, -0.1) is 10.2 Å². The van der Waals surface area contributed by atoms with Gasteiger partial charge in [-0.05, 0) is 44.1 Å². The molecule has 0 saturated carbocycles. The first kappa shape index (κ1) is 15.1. The van der Waals surface area contributed by atoms with Crippen molar-refractivity contribution in [1.82, 2.24) is 24.9 Å². The van der Waals surface area contributed by atoms with Crippen molar-refractivity contribution in [1.29, 1.82) is 0 Å². The van der Waals surface area contributed by atoms with Gasteiger partial charge in [0.2, 0.25) is 11.8 Å². The predicted octanol–water partition coefficient (Wildman–Crippen LogP) is 2.85. The second-order valence-corrected chi connectivity index (χ2v) is 6.33. The van der Waals surface area contributed by atoms with Crippen LogP contribution in [-0.2, 0) is 13.6 Å². The molecule has 3 heterocycles. The molecule has 0 radical (unpaired) electrons. The van der Waals surface area contributed by atoms with E-state index in [1.165, 1.54) is 5.69 Å². The minimum Gasteiger partial charge on any atom is -0.419 e. The number of piperidine rings is 1. The number of hydrogen-bond donors (Lipinski definition) is 0. The quantitative estimate of drug-likeness (QED) is 0.739. The molecule has 0 N–H and O–H groups in total. The molecule has 1 aliphatic heterocycles. The fourth-order valence-electron chi connectivity index (χ4n) is 3.24. The minimum atomic E-state index is 0.560. The van der Waals surface area contributed by atoms with Crippen LogP contribution in [0.4, 0.5) is 0 Å². The van der Waals surface area contributed by atoms with Crippen molar-refractivity contribution in [3.63, 3.8) is 0 Å². The molecule has 1 aliphatic rings. The summed E-state index contributed by atoms with van der Waals surface area (Å²) in [6, 6.07) is 12.0. The van der Waals surface area contributed by atoms with Gasteiger partial charge in [0.1, 0.15) is 0 Å². The molecule has 6 heteroatoms. The number of likely N-dealkylation sites (tertiary alicyclic amines) is 1. The van der Waals surface area contributed by atoms with E-state index >= 15 is 0 Å². The van der Waals surface area contributed by atoms with Crippen molar-refractivity contribution < 1.29 is 4.42 Å². The average molecular weight is 323 g/mol.